The summed E-state index contributed by atoms with van der Waals surface area (Å²) in [5, 5.41) is 4.98. The van der Waals surface area contributed by atoms with Crippen LogP contribution < -0.4 is 10.5 Å². The Bertz CT molecular complexity index is 1290. The maximum absolute atomic E-state index is 6.48. The van der Waals surface area contributed by atoms with Crippen LogP contribution in [-0.2, 0) is 6.42 Å². The van der Waals surface area contributed by atoms with Gasteiger partial charge in [-0.25, -0.2) is 9.50 Å². The van der Waals surface area contributed by atoms with Gasteiger partial charge in [0.05, 0.1) is 24.2 Å². The summed E-state index contributed by atoms with van der Waals surface area (Å²) in [6.07, 6.45) is 1.85. The summed E-state index contributed by atoms with van der Waals surface area (Å²) >= 11 is 0. The zero-order valence-electron chi connectivity index (χ0n) is 17.9. The van der Waals surface area contributed by atoms with Gasteiger partial charge in [0.15, 0.2) is 5.65 Å². The Morgan fingerprint density at radius 2 is 1.83 bits per heavy atom. The molecule has 2 heterocycles. The van der Waals surface area contributed by atoms with Gasteiger partial charge < -0.3 is 10.5 Å². The molecule has 1 aliphatic rings. The van der Waals surface area contributed by atoms with Crippen molar-refractivity contribution >= 4 is 5.65 Å². The maximum atomic E-state index is 6.48. The lowest BCUT2D eigenvalue weighted by Crippen LogP contribution is -2.10. The first-order valence-corrected chi connectivity index (χ1v) is 10.4. The van der Waals surface area contributed by atoms with Gasteiger partial charge in [-0.05, 0) is 62.4 Å². The SMILES string of the molecule is COc1ccc(-c2c(C)nn3c(-c4ccccc4C)c4c(nc23)C(N)CC4)c(C)c1. The minimum atomic E-state index is -0.0345. The fraction of sp³-hybridized carbons (Fsp3) is 0.280. The molecule has 2 N–H and O–H groups in total. The fourth-order valence-electron chi connectivity index (χ4n) is 4.67. The average molecular weight is 399 g/mol. The first-order chi connectivity index (χ1) is 14.5. The largest absolute Gasteiger partial charge is 0.497 e. The molecule has 30 heavy (non-hydrogen) atoms. The Hall–Kier alpha value is -3.18. The molecule has 1 unspecified atom stereocenters. The number of benzene rings is 2. The van der Waals surface area contributed by atoms with E-state index in [9.17, 15) is 0 Å². The Morgan fingerprint density at radius 1 is 1.03 bits per heavy atom. The lowest BCUT2D eigenvalue weighted by atomic mass is 9.99. The molecular weight excluding hydrogens is 372 g/mol. The number of methoxy groups -OCH3 is 1. The van der Waals surface area contributed by atoms with Crippen LogP contribution in [0, 0.1) is 20.8 Å². The van der Waals surface area contributed by atoms with E-state index in [2.05, 4.69) is 57.2 Å². The normalized spacial score (nSPS) is 15.6. The van der Waals surface area contributed by atoms with E-state index in [1.54, 1.807) is 7.11 Å². The molecule has 0 saturated carbocycles. The molecule has 2 aromatic heterocycles. The number of fused-ring (bicyclic) bond motifs is 2. The first-order valence-electron chi connectivity index (χ1n) is 10.4. The Kier molecular flexibility index (Phi) is 4.36. The molecule has 0 bridgehead atoms. The van der Waals surface area contributed by atoms with E-state index in [-0.39, 0.29) is 6.04 Å². The summed E-state index contributed by atoms with van der Waals surface area (Å²) in [4.78, 5) is 5.08. The summed E-state index contributed by atoms with van der Waals surface area (Å²) in [7, 11) is 1.69. The molecule has 0 amide bonds. The standard InChI is InChI=1S/C25H26N4O/c1-14-7-5-6-8-19(14)24-20-11-12-21(26)23(20)27-25-22(16(3)28-29(24)25)18-10-9-17(30-4)13-15(18)2/h5-10,13,21H,11-12,26H2,1-4H3. The molecule has 1 atom stereocenters. The Labute approximate surface area is 176 Å². The molecule has 4 aromatic rings. The predicted octanol–water partition coefficient (Wildman–Crippen LogP) is 4.94. The number of hydrogen-bond acceptors (Lipinski definition) is 4. The van der Waals surface area contributed by atoms with E-state index in [0.717, 1.165) is 58.0 Å². The average Bonchev–Trinajstić information content (AvgIpc) is 3.26. The Balaban J connectivity index is 1.87. The maximum Gasteiger partial charge on any atom is 0.164 e. The number of aromatic nitrogens is 3. The highest BCUT2D eigenvalue weighted by atomic mass is 16.5. The van der Waals surface area contributed by atoms with Crippen LogP contribution in [0.25, 0.3) is 28.0 Å². The van der Waals surface area contributed by atoms with Crippen LogP contribution in [0.2, 0.25) is 0 Å². The highest BCUT2D eigenvalue weighted by molar-refractivity contribution is 5.85. The molecule has 1 aliphatic carbocycles. The van der Waals surface area contributed by atoms with Gasteiger partial charge in [-0.2, -0.15) is 5.10 Å². The minimum absolute atomic E-state index is 0.0345. The van der Waals surface area contributed by atoms with E-state index >= 15 is 0 Å². The zero-order valence-corrected chi connectivity index (χ0v) is 17.9. The van der Waals surface area contributed by atoms with Crippen molar-refractivity contribution in [2.75, 3.05) is 7.11 Å². The van der Waals surface area contributed by atoms with Gasteiger partial charge in [0, 0.05) is 22.7 Å². The highest BCUT2D eigenvalue weighted by Gasteiger charge is 2.29. The van der Waals surface area contributed by atoms with Crippen LogP contribution in [0.1, 0.15) is 40.5 Å². The number of aryl methyl sites for hydroxylation is 3. The van der Waals surface area contributed by atoms with E-state index in [0.29, 0.717) is 0 Å². The van der Waals surface area contributed by atoms with Crippen LogP contribution in [-0.4, -0.2) is 21.7 Å². The Morgan fingerprint density at radius 3 is 2.57 bits per heavy atom. The number of nitrogens with two attached hydrogens (primary N) is 1. The van der Waals surface area contributed by atoms with Crippen molar-refractivity contribution < 1.29 is 4.74 Å². The van der Waals surface area contributed by atoms with Gasteiger partial charge >= 0.3 is 0 Å². The summed E-state index contributed by atoms with van der Waals surface area (Å²) in [6, 6.07) is 14.6. The quantitative estimate of drug-likeness (QED) is 0.531. The van der Waals surface area contributed by atoms with Crippen molar-refractivity contribution in [3.8, 4) is 28.1 Å². The number of hydrogen-bond donors (Lipinski definition) is 1. The minimum Gasteiger partial charge on any atom is -0.497 e. The summed E-state index contributed by atoms with van der Waals surface area (Å²) in [6.45, 7) is 6.30. The van der Waals surface area contributed by atoms with Crippen molar-refractivity contribution in [2.24, 2.45) is 5.73 Å². The van der Waals surface area contributed by atoms with Crippen molar-refractivity contribution in [1.82, 2.24) is 14.6 Å². The number of ether oxygens (including phenoxy) is 1. The molecule has 0 radical (unpaired) electrons. The molecule has 152 valence electrons. The molecule has 5 nitrogen and oxygen atoms in total. The van der Waals surface area contributed by atoms with E-state index in [4.69, 9.17) is 20.6 Å². The van der Waals surface area contributed by atoms with Crippen molar-refractivity contribution in [3.63, 3.8) is 0 Å². The zero-order chi connectivity index (χ0) is 21.0. The van der Waals surface area contributed by atoms with Crippen LogP contribution in [0.15, 0.2) is 42.5 Å². The van der Waals surface area contributed by atoms with Crippen molar-refractivity contribution in [3.05, 3.63) is 70.5 Å². The van der Waals surface area contributed by atoms with E-state index in [1.165, 1.54) is 16.7 Å². The smallest absolute Gasteiger partial charge is 0.164 e. The van der Waals surface area contributed by atoms with Crippen LogP contribution in [0.3, 0.4) is 0 Å². The topological polar surface area (TPSA) is 65.4 Å². The van der Waals surface area contributed by atoms with E-state index < -0.39 is 0 Å². The lowest BCUT2D eigenvalue weighted by Gasteiger charge is -2.15. The van der Waals surface area contributed by atoms with Gasteiger partial charge in [-0.1, -0.05) is 30.3 Å². The van der Waals surface area contributed by atoms with Crippen LogP contribution in [0.4, 0.5) is 0 Å². The lowest BCUT2D eigenvalue weighted by molar-refractivity contribution is 0.414. The summed E-state index contributed by atoms with van der Waals surface area (Å²) < 4.78 is 7.43. The molecule has 0 spiro atoms. The third kappa shape index (κ3) is 2.73. The van der Waals surface area contributed by atoms with Crippen LogP contribution in [0.5, 0.6) is 5.75 Å². The van der Waals surface area contributed by atoms with Gasteiger partial charge in [-0.3, -0.25) is 0 Å². The first kappa shape index (κ1) is 18.8. The van der Waals surface area contributed by atoms with Crippen molar-refractivity contribution in [2.45, 2.75) is 39.7 Å². The molecule has 0 fully saturated rings. The second-order valence-corrected chi connectivity index (χ2v) is 8.16. The molecule has 5 rings (SSSR count). The molecule has 0 saturated heterocycles. The summed E-state index contributed by atoms with van der Waals surface area (Å²) in [5.74, 6) is 0.849. The number of nitrogens with zero attached hydrogens (tertiary/aromatic N) is 3. The monoisotopic (exact) mass is 398 g/mol. The molecular formula is C25H26N4O. The van der Waals surface area contributed by atoms with Gasteiger partial charge in [0.2, 0.25) is 0 Å². The third-order valence-electron chi connectivity index (χ3n) is 6.23. The molecule has 0 aliphatic heterocycles. The number of rotatable bonds is 3. The van der Waals surface area contributed by atoms with E-state index in [1.807, 2.05) is 10.6 Å². The van der Waals surface area contributed by atoms with Gasteiger partial charge in [-0.15, -0.1) is 0 Å². The second kappa shape index (κ2) is 6.96. The summed E-state index contributed by atoms with van der Waals surface area (Å²) in [5.41, 5.74) is 17.4. The fourth-order valence-corrected chi connectivity index (χ4v) is 4.67. The highest BCUT2D eigenvalue weighted by Crippen LogP contribution is 2.40. The predicted molar refractivity (Wildman–Crippen MR) is 120 cm³/mol. The molecule has 2 aromatic carbocycles. The van der Waals surface area contributed by atoms with Gasteiger partial charge in [0.25, 0.3) is 0 Å². The molecule has 5 heteroatoms. The van der Waals surface area contributed by atoms with Crippen molar-refractivity contribution in [1.29, 1.82) is 0 Å². The van der Waals surface area contributed by atoms with Gasteiger partial charge in [0.1, 0.15) is 5.75 Å². The second-order valence-electron chi connectivity index (χ2n) is 8.16. The van der Waals surface area contributed by atoms with Crippen LogP contribution >= 0.6 is 0 Å². The third-order valence-corrected chi connectivity index (χ3v) is 6.23.